The predicted molar refractivity (Wildman–Crippen MR) is 117 cm³/mol. The fraction of sp³-hybridized carbons (Fsp3) is 0.318. The molecule has 5 nitrogen and oxygen atoms in total. The zero-order valence-electron chi connectivity index (χ0n) is 16.4. The van der Waals surface area contributed by atoms with Crippen molar-refractivity contribution in [3.05, 3.63) is 63.4 Å². The third kappa shape index (κ3) is 4.26. The number of nitrogens with zero attached hydrogens (tertiary/aromatic N) is 2. The van der Waals surface area contributed by atoms with Gasteiger partial charge in [0.25, 0.3) is 5.91 Å². The summed E-state index contributed by atoms with van der Waals surface area (Å²) in [5.41, 5.74) is 5.71. The maximum Gasteiger partial charge on any atom is 0.255 e. The number of benzene rings is 1. The number of aryl methyl sites for hydroxylation is 1. The summed E-state index contributed by atoms with van der Waals surface area (Å²) in [6, 6.07) is 9.59. The summed E-state index contributed by atoms with van der Waals surface area (Å²) in [6.45, 7) is 5.16. The van der Waals surface area contributed by atoms with Crippen LogP contribution in [0, 0.1) is 12.8 Å². The van der Waals surface area contributed by atoms with Gasteiger partial charge < -0.3 is 10.2 Å². The van der Waals surface area contributed by atoms with Gasteiger partial charge in [-0.15, -0.1) is 11.3 Å². The molecule has 2 atom stereocenters. The number of hydrogen-bond acceptors (Lipinski definition) is 5. The molecule has 0 bridgehead atoms. The van der Waals surface area contributed by atoms with E-state index in [9.17, 15) is 9.59 Å². The molecule has 4 rings (SSSR count). The molecule has 1 aliphatic heterocycles. The number of aromatic nitrogens is 1. The van der Waals surface area contributed by atoms with Crippen LogP contribution >= 0.6 is 22.7 Å². The van der Waals surface area contributed by atoms with Crippen LogP contribution in [-0.4, -0.2) is 34.3 Å². The van der Waals surface area contributed by atoms with E-state index in [1.807, 2.05) is 41.4 Å². The van der Waals surface area contributed by atoms with Crippen LogP contribution in [0.3, 0.4) is 0 Å². The smallest absolute Gasteiger partial charge is 0.255 e. The van der Waals surface area contributed by atoms with Gasteiger partial charge in [0.2, 0.25) is 5.91 Å². The topological polar surface area (TPSA) is 62.3 Å². The van der Waals surface area contributed by atoms with Gasteiger partial charge >= 0.3 is 0 Å². The summed E-state index contributed by atoms with van der Waals surface area (Å²) in [7, 11) is 0. The van der Waals surface area contributed by atoms with Crippen molar-refractivity contribution >= 4 is 34.5 Å². The van der Waals surface area contributed by atoms with Gasteiger partial charge in [-0.2, -0.15) is 11.3 Å². The number of amides is 2. The molecule has 7 heteroatoms. The molecule has 0 aliphatic carbocycles. The van der Waals surface area contributed by atoms with Crippen LogP contribution in [0.2, 0.25) is 0 Å². The highest BCUT2D eigenvalue weighted by molar-refractivity contribution is 7.13. The number of thiophene rings is 1. The molecule has 2 unspecified atom stereocenters. The molecule has 1 aliphatic rings. The fourth-order valence-electron chi connectivity index (χ4n) is 3.73. The molecule has 3 heterocycles. The summed E-state index contributed by atoms with van der Waals surface area (Å²) in [4.78, 5) is 32.8. The van der Waals surface area contributed by atoms with Crippen LogP contribution in [0.25, 0.3) is 10.4 Å². The van der Waals surface area contributed by atoms with E-state index in [4.69, 9.17) is 0 Å². The Morgan fingerprint density at radius 1 is 1.24 bits per heavy atom. The zero-order chi connectivity index (χ0) is 20.4. The molecular weight excluding hydrogens is 402 g/mol. The summed E-state index contributed by atoms with van der Waals surface area (Å²) in [6.07, 6.45) is 0.700. The highest BCUT2D eigenvalue weighted by Gasteiger charge is 2.38. The van der Waals surface area contributed by atoms with Gasteiger partial charge in [0.1, 0.15) is 6.04 Å². The van der Waals surface area contributed by atoms with Crippen molar-refractivity contribution in [1.82, 2.24) is 15.2 Å². The van der Waals surface area contributed by atoms with E-state index in [1.165, 1.54) is 16.2 Å². The van der Waals surface area contributed by atoms with Gasteiger partial charge in [-0.25, -0.2) is 4.98 Å². The van der Waals surface area contributed by atoms with Gasteiger partial charge in [0.15, 0.2) is 0 Å². The maximum atomic E-state index is 12.8. The fourth-order valence-corrected chi connectivity index (χ4v) is 5.17. The molecule has 29 heavy (non-hydrogen) atoms. The first kappa shape index (κ1) is 19.8. The molecule has 0 spiro atoms. The Morgan fingerprint density at radius 2 is 2.03 bits per heavy atom. The first-order valence-electron chi connectivity index (χ1n) is 9.63. The van der Waals surface area contributed by atoms with Crippen LogP contribution in [0.1, 0.15) is 35.0 Å². The Labute approximate surface area is 178 Å². The standard InChI is InChI=1S/C22H23N3O2S2/c1-14-9-19(25(11-14)22(27)18-7-8-28-12-18)21(26)23-10-16-3-5-17(6-4-16)20-15(2)24-13-29-20/h3-8,12-14,19H,9-11H2,1-2H3,(H,23,26). The molecule has 3 aromatic rings. The summed E-state index contributed by atoms with van der Waals surface area (Å²) >= 11 is 3.12. The average Bonchev–Trinajstić information content (AvgIpc) is 3.47. The molecule has 1 N–H and O–H groups in total. The van der Waals surface area contributed by atoms with E-state index in [2.05, 4.69) is 29.4 Å². The Hall–Kier alpha value is -2.51. The molecule has 2 aromatic heterocycles. The van der Waals surface area contributed by atoms with Gasteiger partial charge in [-0.1, -0.05) is 31.2 Å². The highest BCUT2D eigenvalue weighted by atomic mass is 32.1. The van der Waals surface area contributed by atoms with Crippen molar-refractivity contribution in [2.24, 2.45) is 5.92 Å². The van der Waals surface area contributed by atoms with Crippen molar-refractivity contribution in [1.29, 1.82) is 0 Å². The van der Waals surface area contributed by atoms with E-state index in [0.717, 1.165) is 16.8 Å². The minimum Gasteiger partial charge on any atom is -0.350 e. The van der Waals surface area contributed by atoms with Crippen LogP contribution in [0.5, 0.6) is 0 Å². The number of carbonyl (C=O) groups is 2. The first-order valence-corrected chi connectivity index (χ1v) is 11.5. The SMILES string of the molecule is Cc1ncsc1-c1ccc(CNC(=O)C2CC(C)CN2C(=O)c2ccsc2)cc1. The molecule has 150 valence electrons. The van der Waals surface area contributed by atoms with Crippen molar-refractivity contribution in [3.63, 3.8) is 0 Å². The Bertz CT molecular complexity index is 996. The predicted octanol–water partition coefficient (Wildman–Crippen LogP) is 4.35. The van der Waals surface area contributed by atoms with Crippen molar-refractivity contribution in [2.45, 2.75) is 32.9 Å². The van der Waals surface area contributed by atoms with Crippen LogP contribution in [0.15, 0.2) is 46.6 Å². The zero-order valence-corrected chi connectivity index (χ0v) is 18.1. The quantitative estimate of drug-likeness (QED) is 0.661. The van der Waals surface area contributed by atoms with E-state index in [1.54, 1.807) is 16.2 Å². The van der Waals surface area contributed by atoms with Crippen LogP contribution < -0.4 is 5.32 Å². The van der Waals surface area contributed by atoms with Crippen molar-refractivity contribution in [2.75, 3.05) is 6.54 Å². The molecule has 0 radical (unpaired) electrons. The lowest BCUT2D eigenvalue weighted by atomic mass is 10.1. The number of rotatable bonds is 5. The lowest BCUT2D eigenvalue weighted by molar-refractivity contribution is -0.125. The Morgan fingerprint density at radius 3 is 2.69 bits per heavy atom. The van der Waals surface area contributed by atoms with E-state index in [0.29, 0.717) is 31.0 Å². The van der Waals surface area contributed by atoms with Gasteiger partial charge in [-0.3, -0.25) is 9.59 Å². The highest BCUT2D eigenvalue weighted by Crippen LogP contribution is 2.28. The monoisotopic (exact) mass is 425 g/mol. The van der Waals surface area contributed by atoms with Gasteiger partial charge in [0, 0.05) is 18.5 Å². The molecular formula is C22H23N3O2S2. The maximum absolute atomic E-state index is 12.8. The van der Waals surface area contributed by atoms with Gasteiger partial charge in [-0.05, 0) is 41.8 Å². The molecule has 2 amide bonds. The second-order valence-corrected chi connectivity index (χ2v) is 9.14. The number of nitrogens with one attached hydrogen (secondary N) is 1. The van der Waals surface area contributed by atoms with Crippen LogP contribution in [0.4, 0.5) is 0 Å². The van der Waals surface area contributed by atoms with E-state index < -0.39 is 6.04 Å². The molecule has 1 fully saturated rings. The number of thiazole rings is 1. The first-order chi connectivity index (χ1) is 14.0. The third-order valence-corrected chi connectivity index (χ3v) is 6.93. The minimum absolute atomic E-state index is 0.0555. The molecule has 1 aromatic carbocycles. The van der Waals surface area contributed by atoms with E-state index >= 15 is 0 Å². The average molecular weight is 426 g/mol. The largest absolute Gasteiger partial charge is 0.350 e. The number of hydrogen-bond donors (Lipinski definition) is 1. The Balaban J connectivity index is 1.39. The summed E-state index contributed by atoms with van der Waals surface area (Å²) in [5.74, 6) is 0.176. The van der Waals surface area contributed by atoms with Crippen LogP contribution in [-0.2, 0) is 11.3 Å². The second-order valence-electron chi connectivity index (χ2n) is 7.51. The summed E-state index contributed by atoms with van der Waals surface area (Å²) < 4.78 is 0. The minimum atomic E-state index is -0.406. The summed E-state index contributed by atoms with van der Waals surface area (Å²) in [5, 5.41) is 6.75. The van der Waals surface area contributed by atoms with E-state index in [-0.39, 0.29) is 11.8 Å². The lowest BCUT2D eigenvalue weighted by Gasteiger charge is -2.23. The molecule has 0 saturated carbocycles. The number of carbonyl (C=O) groups excluding carboxylic acids is 2. The van der Waals surface area contributed by atoms with Crippen molar-refractivity contribution in [3.8, 4) is 10.4 Å². The normalized spacial score (nSPS) is 18.8. The van der Waals surface area contributed by atoms with Crippen molar-refractivity contribution < 1.29 is 9.59 Å². The molecule has 1 saturated heterocycles. The third-order valence-electron chi connectivity index (χ3n) is 5.27. The number of likely N-dealkylation sites (tertiary alicyclic amines) is 1. The lowest BCUT2D eigenvalue weighted by Crippen LogP contribution is -2.45. The van der Waals surface area contributed by atoms with Gasteiger partial charge in [0.05, 0.1) is 21.6 Å². The Kier molecular flexibility index (Phi) is 5.78. The second kappa shape index (κ2) is 8.47.